The van der Waals surface area contributed by atoms with E-state index in [0.717, 1.165) is 5.56 Å². The van der Waals surface area contributed by atoms with Gasteiger partial charge >= 0.3 is 0 Å². The van der Waals surface area contributed by atoms with Gasteiger partial charge in [0.2, 0.25) is 0 Å². The van der Waals surface area contributed by atoms with Gasteiger partial charge in [0, 0.05) is 30.5 Å². The molecule has 2 N–H and O–H groups in total. The van der Waals surface area contributed by atoms with Crippen molar-refractivity contribution in [1.82, 2.24) is 19.7 Å². The van der Waals surface area contributed by atoms with Crippen LogP contribution in [0.2, 0.25) is 0 Å². The lowest BCUT2D eigenvalue weighted by Crippen LogP contribution is -2.17. The van der Waals surface area contributed by atoms with Crippen LogP contribution >= 0.6 is 11.3 Å². The Morgan fingerprint density at radius 1 is 1.24 bits per heavy atom. The summed E-state index contributed by atoms with van der Waals surface area (Å²) in [5.41, 5.74) is 1.79. The fraction of sp³-hybridized carbons (Fsp3) is 0.0588. The molecule has 4 rings (SSSR count). The molecule has 0 atom stereocenters. The van der Waals surface area contributed by atoms with Crippen LogP contribution < -0.4 is 10.9 Å². The second-order valence-corrected chi connectivity index (χ2v) is 6.33. The molecule has 25 heavy (non-hydrogen) atoms. The van der Waals surface area contributed by atoms with Crippen molar-refractivity contribution < 1.29 is 4.79 Å². The van der Waals surface area contributed by atoms with Crippen molar-refractivity contribution in [2.24, 2.45) is 0 Å². The molecule has 0 saturated heterocycles. The predicted molar refractivity (Wildman–Crippen MR) is 95.1 cm³/mol. The zero-order valence-electron chi connectivity index (χ0n) is 13.0. The summed E-state index contributed by atoms with van der Waals surface area (Å²) in [6.07, 6.45) is 5.01. The second kappa shape index (κ2) is 6.33. The predicted octanol–water partition coefficient (Wildman–Crippen LogP) is 2.43. The van der Waals surface area contributed by atoms with Gasteiger partial charge in [0.05, 0.1) is 11.1 Å². The first-order chi connectivity index (χ1) is 12.2. The SMILES string of the molecule is O=C(Nc1nccs1)c1cn(Cc2ccccc2)cc2c(=O)[nH]nc1-2. The molecule has 0 spiro atoms. The highest BCUT2D eigenvalue weighted by molar-refractivity contribution is 7.13. The fourth-order valence-corrected chi connectivity index (χ4v) is 3.12. The Labute approximate surface area is 146 Å². The lowest BCUT2D eigenvalue weighted by molar-refractivity contribution is 0.102. The van der Waals surface area contributed by atoms with E-state index in [1.165, 1.54) is 11.3 Å². The first-order valence-corrected chi connectivity index (χ1v) is 8.41. The summed E-state index contributed by atoms with van der Waals surface area (Å²) in [6, 6.07) is 9.80. The van der Waals surface area contributed by atoms with Crippen molar-refractivity contribution in [2.75, 3.05) is 5.32 Å². The molecule has 1 aromatic carbocycles. The molecule has 0 radical (unpaired) electrons. The van der Waals surface area contributed by atoms with E-state index >= 15 is 0 Å². The number of anilines is 1. The van der Waals surface area contributed by atoms with E-state index in [0.29, 0.717) is 28.5 Å². The maximum absolute atomic E-state index is 12.6. The van der Waals surface area contributed by atoms with Crippen LogP contribution in [0.3, 0.4) is 0 Å². The number of aromatic amines is 1. The number of carbonyl (C=O) groups is 1. The third-order valence-electron chi connectivity index (χ3n) is 3.72. The minimum absolute atomic E-state index is 0.319. The van der Waals surface area contributed by atoms with Gasteiger partial charge in [-0.25, -0.2) is 10.1 Å². The summed E-state index contributed by atoms with van der Waals surface area (Å²) >= 11 is 1.32. The van der Waals surface area contributed by atoms with Crippen LogP contribution in [0.15, 0.2) is 59.1 Å². The van der Waals surface area contributed by atoms with Crippen molar-refractivity contribution in [3.05, 3.63) is 75.8 Å². The highest BCUT2D eigenvalue weighted by Crippen LogP contribution is 2.22. The van der Waals surface area contributed by atoms with Gasteiger partial charge in [-0.3, -0.25) is 14.9 Å². The van der Waals surface area contributed by atoms with Crippen LogP contribution in [-0.2, 0) is 6.54 Å². The third kappa shape index (κ3) is 3.07. The molecule has 0 fully saturated rings. The average molecular weight is 351 g/mol. The third-order valence-corrected chi connectivity index (χ3v) is 4.41. The van der Waals surface area contributed by atoms with Gasteiger partial charge in [-0.15, -0.1) is 11.3 Å². The molecular weight excluding hydrogens is 338 g/mol. The van der Waals surface area contributed by atoms with Crippen molar-refractivity contribution in [3.63, 3.8) is 0 Å². The van der Waals surface area contributed by atoms with Gasteiger partial charge in [0.15, 0.2) is 5.13 Å². The first kappa shape index (κ1) is 15.3. The normalized spacial score (nSPS) is 10.9. The number of pyridine rings is 1. The average Bonchev–Trinajstić information content (AvgIpc) is 3.26. The molecule has 0 aliphatic carbocycles. The number of nitrogens with zero attached hydrogens (tertiary/aromatic N) is 3. The number of carbonyl (C=O) groups excluding carboxylic acids is 1. The molecule has 2 aliphatic rings. The zero-order valence-corrected chi connectivity index (χ0v) is 13.8. The molecule has 0 unspecified atom stereocenters. The number of thiazole rings is 1. The molecule has 3 heterocycles. The van der Waals surface area contributed by atoms with Gasteiger partial charge < -0.3 is 4.57 Å². The van der Waals surface area contributed by atoms with Crippen LogP contribution in [0.4, 0.5) is 5.13 Å². The summed E-state index contributed by atoms with van der Waals surface area (Å²) in [4.78, 5) is 28.7. The van der Waals surface area contributed by atoms with Gasteiger partial charge in [-0.2, -0.15) is 5.10 Å². The molecule has 7 nitrogen and oxygen atoms in total. The number of amides is 1. The smallest absolute Gasteiger partial charge is 0.275 e. The quantitative estimate of drug-likeness (QED) is 0.591. The highest BCUT2D eigenvalue weighted by Gasteiger charge is 2.22. The van der Waals surface area contributed by atoms with Gasteiger partial charge in [0.1, 0.15) is 5.69 Å². The van der Waals surface area contributed by atoms with E-state index in [1.54, 1.807) is 24.0 Å². The molecule has 2 aromatic rings. The number of benzene rings is 1. The number of nitrogens with one attached hydrogen (secondary N) is 2. The number of hydrogen-bond donors (Lipinski definition) is 2. The Morgan fingerprint density at radius 2 is 2.08 bits per heavy atom. The van der Waals surface area contributed by atoms with E-state index in [1.807, 2.05) is 34.9 Å². The summed E-state index contributed by atoms with van der Waals surface area (Å²) in [7, 11) is 0. The second-order valence-electron chi connectivity index (χ2n) is 5.44. The Morgan fingerprint density at radius 3 is 2.84 bits per heavy atom. The summed E-state index contributed by atoms with van der Waals surface area (Å²) < 4.78 is 1.81. The van der Waals surface area contributed by atoms with Crippen molar-refractivity contribution in [3.8, 4) is 11.3 Å². The van der Waals surface area contributed by atoms with E-state index in [4.69, 9.17) is 0 Å². The zero-order chi connectivity index (χ0) is 17.2. The molecule has 1 aromatic heterocycles. The van der Waals surface area contributed by atoms with Crippen LogP contribution in [0.5, 0.6) is 0 Å². The molecule has 0 saturated carbocycles. The van der Waals surface area contributed by atoms with Crippen LogP contribution in [0, 0.1) is 0 Å². The van der Waals surface area contributed by atoms with E-state index in [9.17, 15) is 9.59 Å². The van der Waals surface area contributed by atoms with Crippen molar-refractivity contribution in [1.29, 1.82) is 0 Å². The Balaban J connectivity index is 1.74. The van der Waals surface area contributed by atoms with E-state index in [2.05, 4.69) is 20.5 Å². The minimum atomic E-state index is -0.353. The van der Waals surface area contributed by atoms with Crippen LogP contribution in [0.1, 0.15) is 15.9 Å². The summed E-state index contributed by atoms with van der Waals surface area (Å²) in [5, 5.41) is 11.4. The largest absolute Gasteiger partial charge is 0.348 e. The topological polar surface area (TPSA) is 92.7 Å². The maximum atomic E-state index is 12.6. The standard InChI is InChI=1S/C17H13N5O2S/c23-15(19-17-18-6-7-25-17)12-9-22(8-11-4-2-1-3-5-11)10-13-14(12)20-21-16(13)24/h1-7,9-10H,8H2,(H,21,24)(H,18,19,23). The van der Waals surface area contributed by atoms with Gasteiger partial charge in [-0.05, 0) is 5.56 Å². The molecule has 2 aliphatic heterocycles. The van der Waals surface area contributed by atoms with E-state index < -0.39 is 0 Å². The first-order valence-electron chi connectivity index (χ1n) is 7.53. The molecule has 124 valence electrons. The number of fused-ring (bicyclic) bond motifs is 1. The molecule has 8 heteroatoms. The number of aromatic nitrogens is 4. The molecule has 0 bridgehead atoms. The lowest BCUT2D eigenvalue weighted by Gasteiger charge is -2.12. The Kier molecular flexibility index (Phi) is 3.87. The van der Waals surface area contributed by atoms with Crippen molar-refractivity contribution in [2.45, 2.75) is 6.54 Å². The molecular formula is C17H13N5O2S. The number of hydrogen-bond acceptors (Lipinski definition) is 5. The highest BCUT2D eigenvalue weighted by atomic mass is 32.1. The van der Waals surface area contributed by atoms with E-state index in [-0.39, 0.29) is 11.5 Å². The maximum Gasteiger partial charge on any atom is 0.275 e. The lowest BCUT2D eigenvalue weighted by atomic mass is 10.1. The minimum Gasteiger partial charge on any atom is -0.348 e. The van der Waals surface area contributed by atoms with Crippen LogP contribution in [-0.4, -0.2) is 25.7 Å². The summed E-state index contributed by atoms with van der Waals surface area (Å²) in [6.45, 7) is 0.541. The van der Waals surface area contributed by atoms with Crippen molar-refractivity contribution >= 4 is 22.4 Å². The fourth-order valence-electron chi connectivity index (χ4n) is 2.59. The Hall–Kier alpha value is -3.26. The van der Waals surface area contributed by atoms with Gasteiger partial charge in [0.25, 0.3) is 11.5 Å². The number of H-pyrrole nitrogens is 1. The Bertz CT molecular complexity index is 1040. The van der Waals surface area contributed by atoms with Gasteiger partial charge in [-0.1, -0.05) is 30.3 Å². The van der Waals surface area contributed by atoms with Crippen LogP contribution in [0.25, 0.3) is 11.3 Å². The monoisotopic (exact) mass is 351 g/mol. The summed E-state index contributed by atoms with van der Waals surface area (Å²) in [5.74, 6) is -0.353. The molecule has 1 amide bonds. The number of rotatable bonds is 4.